The Balaban J connectivity index is 4.27. The van der Waals surface area contributed by atoms with Crippen molar-refractivity contribution in [3.63, 3.8) is 0 Å². The highest BCUT2D eigenvalue weighted by molar-refractivity contribution is 6.96. The lowest BCUT2D eigenvalue weighted by atomic mass is 10.7. The minimum atomic E-state index is -2.09. The number of nitrogens with zero attached hydrogens (tertiary/aromatic N) is 1. The number of hydrogen-bond acceptors (Lipinski definition) is 1. The molecule has 0 saturated carbocycles. The van der Waals surface area contributed by atoms with Crippen LogP contribution in [0.2, 0.25) is 0 Å². The Bertz CT molecular complexity index is 166. The predicted molar refractivity (Wildman–Crippen MR) is 44.4 cm³/mol. The lowest BCUT2D eigenvalue weighted by Gasteiger charge is -2.02. The first-order valence-electron chi connectivity index (χ1n) is 1.85. The van der Waals surface area contributed by atoms with E-state index in [-0.39, 0.29) is 0 Å². The summed E-state index contributed by atoms with van der Waals surface area (Å²) in [5.74, 6) is -1.02. The fourth-order valence-corrected chi connectivity index (χ4v) is 0.420. The molecule has 0 saturated heterocycles. The Morgan fingerprint density at radius 2 is 1.60 bits per heavy atom. The topological polar surface area (TPSA) is 29.4 Å². The van der Waals surface area contributed by atoms with Crippen LogP contribution in [-0.4, -0.2) is 14.3 Å². The summed E-state index contributed by atoms with van der Waals surface area (Å²) in [6.45, 7) is 0. The van der Waals surface area contributed by atoms with Crippen LogP contribution in [0, 0.1) is 0 Å². The molecule has 0 radical (unpaired) electrons. The maximum Gasteiger partial charge on any atom is 0.299 e. The van der Waals surface area contributed by atoms with Gasteiger partial charge in [0.1, 0.15) is 0 Å². The number of halogens is 5. The Kier molecular flexibility index (Phi) is 4.29. The van der Waals surface area contributed by atoms with Gasteiger partial charge < -0.3 is 0 Å². The fraction of sp³-hybridized carbons (Fsp3) is 0.333. The van der Waals surface area contributed by atoms with Gasteiger partial charge in [0.15, 0.2) is 4.63 Å². The van der Waals surface area contributed by atoms with Crippen LogP contribution in [0.5, 0.6) is 0 Å². The summed E-state index contributed by atoms with van der Waals surface area (Å²) in [6, 6.07) is 0. The second kappa shape index (κ2) is 3.98. The minimum Gasteiger partial charge on any atom is -0.267 e. The van der Waals surface area contributed by atoms with Gasteiger partial charge in [-0.05, 0) is 23.2 Å². The van der Waals surface area contributed by atoms with Crippen LogP contribution in [0.1, 0.15) is 0 Å². The molecule has 0 aliphatic carbocycles. The highest BCUT2D eigenvalue weighted by atomic mass is 35.6. The van der Waals surface area contributed by atoms with Crippen molar-refractivity contribution < 1.29 is 4.79 Å². The lowest BCUT2D eigenvalue weighted by Crippen LogP contribution is -2.16. The number of carbonyl (C=O) groups excluding carboxylic acids is 1. The molecule has 58 valence electrons. The van der Waals surface area contributed by atoms with Crippen LogP contribution in [0.3, 0.4) is 0 Å². The van der Waals surface area contributed by atoms with Gasteiger partial charge in [-0.3, -0.25) is 4.79 Å². The quantitative estimate of drug-likeness (QED) is 0.475. The molecule has 0 aromatic carbocycles. The molecule has 0 atom stereocenters. The summed E-state index contributed by atoms with van der Waals surface area (Å²) in [6.07, 6.45) is 0. The number of aliphatic imine (C=N–C) groups is 1. The zero-order valence-electron chi connectivity index (χ0n) is 4.25. The van der Waals surface area contributed by atoms with E-state index in [1.165, 1.54) is 0 Å². The van der Waals surface area contributed by atoms with Gasteiger partial charge >= 0.3 is 0 Å². The first kappa shape index (κ1) is 10.8. The van der Waals surface area contributed by atoms with Gasteiger partial charge in [0.25, 0.3) is 9.70 Å². The molecule has 0 rings (SSSR count). The number of rotatable bonds is 0. The maximum absolute atomic E-state index is 10.5. The predicted octanol–water partition coefficient (Wildman–Crippen LogP) is 2.72. The third-order valence-electron chi connectivity index (χ3n) is 0.429. The van der Waals surface area contributed by atoms with Gasteiger partial charge in [0.2, 0.25) is 0 Å². The minimum absolute atomic E-state index is 0.490. The van der Waals surface area contributed by atoms with Crippen molar-refractivity contribution in [1.82, 2.24) is 0 Å². The highest BCUT2D eigenvalue weighted by Crippen LogP contribution is 2.27. The normalized spacial score (nSPS) is 10.9. The molecule has 0 aromatic heterocycles. The Morgan fingerprint density at radius 1 is 1.20 bits per heavy atom. The van der Waals surface area contributed by atoms with Crippen LogP contribution in [-0.2, 0) is 4.79 Å². The van der Waals surface area contributed by atoms with E-state index in [1.54, 1.807) is 0 Å². The smallest absolute Gasteiger partial charge is 0.267 e. The molecule has 0 aliphatic rings. The third-order valence-corrected chi connectivity index (χ3v) is 1.08. The van der Waals surface area contributed by atoms with Crippen LogP contribution < -0.4 is 0 Å². The van der Waals surface area contributed by atoms with Crippen LogP contribution in [0.15, 0.2) is 4.99 Å². The van der Waals surface area contributed by atoms with E-state index >= 15 is 0 Å². The summed E-state index contributed by atoms with van der Waals surface area (Å²) in [5.41, 5.74) is 0. The number of alkyl halides is 3. The van der Waals surface area contributed by atoms with Gasteiger partial charge in [-0.1, -0.05) is 34.8 Å². The number of hydrogen-bond donors (Lipinski definition) is 0. The molecule has 10 heavy (non-hydrogen) atoms. The molecule has 0 unspecified atom stereocenters. The van der Waals surface area contributed by atoms with E-state index in [9.17, 15) is 4.79 Å². The molecule has 0 aliphatic heterocycles. The van der Waals surface area contributed by atoms with Crippen molar-refractivity contribution in [1.29, 1.82) is 0 Å². The van der Waals surface area contributed by atoms with Gasteiger partial charge in [0.05, 0.1) is 0 Å². The number of carbonyl (C=O) groups is 1. The third kappa shape index (κ3) is 4.58. The van der Waals surface area contributed by atoms with E-state index in [0.717, 1.165) is 0 Å². The SMILES string of the molecule is O=C(N=C(Cl)Cl)C(Cl)(Cl)Cl. The van der Waals surface area contributed by atoms with E-state index in [1.807, 2.05) is 0 Å². The molecule has 1 amide bonds. The van der Waals surface area contributed by atoms with E-state index in [2.05, 4.69) is 4.99 Å². The second-order valence-electron chi connectivity index (χ2n) is 1.16. The van der Waals surface area contributed by atoms with E-state index in [4.69, 9.17) is 58.0 Å². The number of amides is 1. The summed E-state index contributed by atoms with van der Waals surface area (Å²) in [4.78, 5) is 13.5. The van der Waals surface area contributed by atoms with Crippen molar-refractivity contribution in [3.8, 4) is 0 Å². The van der Waals surface area contributed by atoms with E-state index in [0.29, 0.717) is 0 Å². The Labute approximate surface area is 82.0 Å². The van der Waals surface area contributed by atoms with Crippen molar-refractivity contribution in [2.24, 2.45) is 4.99 Å². The average molecular weight is 243 g/mol. The standard InChI is InChI=1S/C3Cl5NO/c4-2(5)9-1(10)3(6,7)8. The maximum atomic E-state index is 10.5. The zero-order chi connectivity index (χ0) is 8.36. The average Bonchev–Trinajstić information content (AvgIpc) is 1.60. The Hall–Kier alpha value is 0.790. The summed E-state index contributed by atoms with van der Waals surface area (Å²) in [5, 5.41) is 0. The van der Waals surface area contributed by atoms with Gasteiger partial charge in [0, 0.05) is 0 Å². The van der Waals surface area contributed by atoms with Crippen molar-refractivity contribution in [2.45, 2.75) is 3.79 Å². The molecule has 2 nitrogen and oxygen atoms in total. The molecule has 0 spiro atoms. The van der Waals surface area contributed by atoms with Crippen LogP contribution in [0.4, 0.5) is 0 Å². The molecular formula is C3Cl5NO. The molecule has 0 N–H and O–H groups in total. The highest BCUT2D eigenvalue weighted by Gasteiger charge is 2.30. The largest absolute Gasteiger partial charge is 0.299 e. The second-order valence-corrected chi connectivity index (χ2v) is 4.35. The summed E-state index contributed by atoms with van der Waals surface area (Å²) >= 11 is 25.2. The molecular weight excluding hydrogens is 243 g/mol. The van der Waals surface area contributed by atoms with E-state index < -0.39 is 14.3 Å². The van der Waals surface area contributed by atoms with Gasteiger partial charge in [-0.2, -0.15) is 4.99 Å². The molecule has 0 bridgehead atoms. The summed E-state index contributed by atoms with van der Waals surface area (Å²) < 4.78 is -2.58. The van der Waals surface area contributed by atoms with Crippen molar-refractivity contribution >= 4 is 68.5 Å². The lowest BCUT2D eigenvalue weighted by molar-refractivity contribution is -0.116. The van der Waals surface area contributed by atoms with Gasteiger partial charge in [-0.25, -0.2) is 0 Å². The zero-order valence-corrected chi connectivity index (χ0v) is 8.02. The molecule has 0 fully saturated rings. The Morgan fingerprint density at radius 3 is 1.70 bits per heavy atom. The molecule has 0 aromatic rings. The molecule has 0 heterocycles. The summed E-state index contributed by atoms with van der Waals surface area (Å²) in [7, 11) is 0. The fourth-order valence-electron chi connectivity index (χ4n) is 0.140. The van der Waals surface area contributed by atoms with Crippen molar-refractivity contribution in [2.75, 3.05) is 0 Å². The molecule has 7 heteroatoms. The van der Waals surface area contributed by atoms with Gasteiger partial charge in [-0.15, -0.1) is 0 Å². The van der Waals surface area contributed by atoms with Crippen LogP contribution >= 0.6 is 58.0 Å². The van der Waals surface area contributed by atoms with Crippen LogP contribution in [0.25, 0.3) is 0 Å². The first-order chi connectivity index (χ1) is 4.34. The first-order valence-corrected chi connectivity index (χ1v) is 3.74. The monoisotopic (exact) mass is 241 g/mol. The van der Waals surface area contributed by atoms with Crippen molar-refractivity contribution in [3.05, 3.63) is 0 Å².